The summed E-state index contributed by atoms with van der Waals surface area (Å²) in [4.78, 5) is 2.38. The van der Waals surface area contributed by atoms with Gasteiger partial charge in [-0.2, -0.15) is 0 Å². The minimum Gasteiger partial charge on any atom is -0.488 e. The van der Waals surface area contributed by atoms with Gasteiger partial charge in [-0.25, -0.2) is 0 Å². The van der Waals surface area contributed by atoms with E-state index in [9.17, 15) is 0 Å². The fraction of sp³-hybridized carbons (Fsp3) is 0.300. The van der Waals surface area contributed by atoms with Crippen LogP contribution in [0.3, 0.4) is 0 Å². The lowest BCUT2D eigenvalue weighted by Crippen LogP contribution is -2.21. The predicted molar refractivity (Wildman–Crippen MR) is 96.5 cm³/mol. The molecule has 2 aliphatic heterocycles. The Morgan fingerprint density at radius 3 is 2.70 bits per heavy atom. The number of rotatable bonds is 3. The molecule has 23 heavy (non-hydrogen) atoms. The highest BCUT2D eigenvalue weighted by Crippen LogP contribution is 2.41. The van der Waals surface area contributed by atoms with E-state index in [2.05, 4.69) is 66.5 Å². The number of fused-ring (bicyclic) bond motifs is 2. The third-order valence-corrected chi connectivity index (χ3v) is 4.82. The zero-order chi connectivity index (χ0) is 15.8. The average Bonchev–Trinajstić information content (AvgIpc) is 3.19. The van der Waals surface area contributed by atoms with Gasteiger partial charge in [0.15, 0.2) is 0 Å². The zero-order valence-corrected chi connectivity index (χ0v) is 13.7. The van der Waals surface area contributed by atoms with Gasteiger partial charge in [0, 0.05) is 53.3 Å². The van der Waals surface area contributed by atoms with Crippen molar-refractivity contribution in [3.05, 3.63) is 59.2 Å². The fourth-order valence-corrected chi connectivity index (χ4v) is 3.55. The van der Waals surface area contributed by atoms with E-state index < -0.39 is 0 Å². The summed E-state index contributed by atoms with van der Waals surface area (Å²) in [7, 11) is 0. The molecule has 0 saturated heterocycles. The molecule has 0 amide bonds. The van der Waals surface area contributed by atoms with Crippen LogP contribution in [0.4, 0.5) is 11.4 Å². The number of nitrogens with one attached hydrogen (secondary N) is 1. The molecule has 0 fully saturated rings. The Morgan fingerprint density at radius 2 is 1.87 bits per heavy atom. The Hall–Kier alpha value is -2.42. The van der Waals surface area contributed by atoms with Crippen LogP contribution in [-0.2, 0) is 11.3 Å². The first kappa shape index (κ1) is 14.2. The average molecular weight is 306 g/mol. The molecule has 0 saturated carbocycles. The summed E-state index contributed by atoms with van der Waals surface area (Å²) in [5, 5.41) is 3.47. The molecule has 0 unspecified atom stereocenters. The van der Waals surface area contributed by atoms with Crippen LogP contribution in [0.1, 0.15) is 30.5 Å². The van der Waals surface area contributed by atoms with E-state index in [1.807, 2.05) is 0 Å². The van der Waals surface area contributed by atoms with Crippen molar-refractivity contribution in [3.8, 4) is 0 Å². The molecule has 0 atom stereocenters. The molecule has 0 spiro atoms. The van der Waals surface area contributed by atoms with Gasteiger partial charge in [-0.3, -0.25) is 0 Å². The van der Waals surface area contributed by atoms with Crippen molar-refractivity contribution in [2.75, 3.05) is 29.9 Å². The molecule has 4 rings (SSSR count). The Morgan fingerprint density at radius 1 is 1.04 bits per heavy atom. The normalized spacial score (nSPS) is 18.2. The predicted octanol–water partition coefficient (Wildman–Crippen LogP) is 4.36. The van der Waals surface area contributed by atoms with Crippen LogP contribution >= 0.6 is 0 Å². The highest BCUT2D eigenvalue weighted by atomic mass is 16.5. The van der Waals surface area contributed by atoms with Gasteiger partial charge in [-0.15, -0.1) is 0 Å². The number of nitrogens with zero attached hydrogens (tertiary/aromatic N) is 1. The third kappa shape index (κ3) is 2.27. The molecule has 2 heterocycles. The summed E-state index contributed by atoms with van der Waals surface area (Å²) in [6, 6.07) is 15.2. The van der Waals surface area contributed by atoms with E-state index in [1.165, 1.54) is 33.6 Å². The fourth-order valence-electron chi connectivity index (χ4n) is 3.55. The SMILES string of the molecule is CCN(CC)c1ccc2c(c1)C(=C1CNc3ccccc31)OC2. The lowest BCUT2D eigenvalue weighted by molar-refractivity contribution is 0.286. The van der Waals surface area contributed by atoms with Crippen molar-refractivity contribution in [3.63, 3.8) is 0 Å². The standard InChI is InChI=1S/C20H22N2O/c1-3-22(4-2)15-10-9-14-13-23-20(17(14)11-15)18-12-21-19-8-6-5-7-16(18)19/h5-11,21H,3-4,12-13H2,1-2H3. The van der Waals surface area contributed by atoms with Gasteiger partial charge in [0.05, 0.1) is 0 Å². The Labute approximate surface area is 137 Å². The van der Waals surface area contributed by atoms with Crippen LogP contribution in [0.25, 0.3) is 11.3 Å². The van der Waals surface area contributed by atoms with Crippen molar-refractivity contribution >= 4 is 22.7 Å². The van der Waals surface area contributed by atoms with Crippen LogP contribution in [0, 0.1) is 0 Å². The van der Waals surface area contributed by atoms with Crippen LogP contribution < -0.4 is 10.2 Å². The van der Waals surface area contributed by atoms with Crippen molar-refractivity contribution in [1.29, 1.82) is 0 Å². The summed E-state index contributed by atoms with van der Waals surface area (Å²) in [5.74, 6) is 1.05. The minimum atomic E-state index is 0.675. The van der Waals surface area contributed by atoms with Gasteiger partial charge < -0.3 is 15.0 Å². The van der Waals surface area contributed by atoms with Crippen LogP contribution in [0.2, 0.25) is 0 Å². The molecule has 0 radical (unpaired) electrons. The number of ether oxygens (including phenoxy) is 1. The molecular formula is C20H22N2O. The highest BCUT2D eigenvalue weighted by molar-refractivity contribution is 5.98. The van der Waals surface area contributed by atoms with Crippen molar-refractivity contribution in [2.24, 2.45) is 0 Å². The molecule has 1 N–H and O–H groups in total. The smallest absolute Gasteiger partial charge is 0.133 e. The molecule has 2 aliphatic rings. The Balaban J connectivity index is 1.82. The second-order valence-corrected chi connectivity index (χ2v) is 6.01. The first-order valence-electron chi connectivity index (χ1n) is 8.39. The Kier molecular flexibility index (Phi) is 3.49. The quantitative estimate of drug-likeness (QED) is 0.912. The lowest BCUT2D eigenvalue weighted by Gasteiger charge is -2.21. The van der Waals surface area contributed by atoms with E-state index in [0.717, 1.165) is 25.4 Å². The van der Waals surface area contributed by atoms with Crippen molar-refractivity contribution in [2.45, 2.75) is 20.5 Å². The van der Waals surface area contributed by atoms with E-state index in [1.54, 1.807) is 0 Å². The summed E-state index contributed by atoms with van der Waals surface area (Å²) in [6.07, 6.45) is 0. The third-order valence-electron chi connectivity index (χ3n) is 4.82. The maximum atomic E-state index is 6.09. The summed E-state index contributed by atoms with van der Waals surface area (Å²) in [6.45, 7) is 7.95. The second-order valence-electron chi connectivity index (χ2n) is 6.01. The number of hydrogen-bond acceptors (Lipinski definition) is 3. The number of para-hydroxylation sites is 1. The summed E-state index contributed by atoms with van der Waals surface area (Å²) >= 11 is 0. The van der Waals surface area contributed by atoms with Gasteiger partial charge >= 0.3 is 0 Å². The zero-order valence-electron chi connectivity index (χ0n) is 13.7. The lowest BCUT2D eigenvalue weighted by atomic mass is 10.0. The maximum absolute atomic E-state index is 6.09. The van der Waals surface area contributed by atoms with E-state index in [4.69, 9.17) is 4.74 Å². The largest absolute Gasteiger partial charge is 0.488 e. The van der Waals surface area contributed by atoms with Gasteiger partial charge in [0.25, 0.3) is 0 Å². The first-order chi connectivity index (χ1) is 11.3. The highest BCUT2D eigenvalue weighted by Gasteiger charge is 2.26. The number of benzene rings is 2. The molecule has 2 aromatic rings. The molecule has 0 aromatic heterocycles. The van der Waals surface area contributed by atoms with Gasteiger partial charge in [0.1, 0.15) is 12.4 Å². The number of anilines is 2. The molecular weight excluding hydrogens is 284 g/mol. The van der Waals surface area contributed by atoms with E-state index >= 15 is 0 Å². The van der Waals surface area contributed by atoms with Crippen LogP contribution in [0.5, 0.6) is 0 Å². The summed E-state index contributed by atoms with van der Waals surface area (Å²) in [5.41, 5.74) is 7.55. The van der Waals surface area contributed by atoms with E-state index in [0.29, 0.717) is 6.61 Å². The second kappa shape index (κ2) is 5.65. The molecule has 3 heteroatoms. The van der Waals surface area contributed by atoms with E-state index in [-0.39, 0.29) is 0 Å². The molecule has 3 nitrogen and oxygen atoms in total. The van der Waals surface area contributed by atoms with Crippen molar-refractivity contribution < 1.29 is 4.74 Å². The topological polar surface area (TPSA) is 24.5 Å². The molecule has 0 aliphatic carbocycles. The van der Waals surface area contributed by atoms with Crippen LogP contribution in [-0.4, -0.2) is 19.6 Å². The van der Waals surface area contributed by atoms with Crippen molar-refractivity contribution in [1.82, 2.24) is 0 Å². The summed E-state index contributed by atoms with van der Waals surface area (Å²) < 4.78 is 6.09. The molecule has 2 aromatic carbocycles. The van der Waals surface area contributed by atoms with Crippen LogP contribution in [0.15, 0.2) is 42.5 Å². The first-order valence-corrected chi connectivity index (χ1v) is 8.39. The molecule has 118 valence electrons. The maximum Gasteiger partial charge on any atom is 0.133 e. The monoisotopic (exact) mass is 306 g/mol. The molecule has 0 bridgehead atoms. The Bertz CT molecular complexity index is 775. The van der Waals surface area contributed by atoms with Gasteiger partial charge in [-0.1, -0.05) is 24.3 Å². The minimum absolute atomic E-state index is 0.675. The number of hydrogen-bond donors (Lipinski definition) is 1. The van der Waals surface area contributed by atoms with Gasteiger partial charge in [0.2, 0.25) is 0 Å². The van der Waals surface area contributed by atoms with Gasteiger partial charge in [-0.05, 0) is 32.0 Å².